The first kappa shape index (κ1) is 11.9. The second kappa shape index (κ2) is 6.40. The highest BCUT2D eigenvalue weighted by atomic mass is 35.5. The van der Waals surface area contributed by atoms with Gasteiger partial charge in [-0.15, -0.1) is 11.6 Å². The van der Waals surface area contributed by atoms with Crippen molar-refractivity contribution in [3.63, 3.8) is 0 Å². The molecule has 0 aliphatic rings. The zero-order chi connectivity index (χ0) is 9.56. The molecule has 0 aliphatic heterocycles. The van der Waals surface area contributed by atoms with Crippen molar-refractivity contribution >= 4 is 17.4 Å². The van der Waals surface area contributed by atoms with Crippen molar-refractivity contribution in [3.05, 3.63) is 0 Å². The van der Waals surface area contributed by atoms with Gasteiger partial charge < -0.3 is 9.47 Å². The predicted molar refractivity (Wildman–Crippen MR) is 47.4 cm³/mol. The Morgan fingerprint density at radius 1 is 1.33 bits per heavy atom. The maximum absolute atomic E-state index is 10.8. The SMILES string of the molecule is CCOC(OCC)C(Cl)C(C)=O. The van der Waals surface area contributed by atoms with Gasteiger partial charge in [0, 0.05) is 13.2 Å². The predicted octanol–water partition coefficient (Wildman–Crippen LogP) is 1.58. The standard InChI is InChI=1S/C8H15ClO3/c1-4-11-8(12-5-2)7(9)6(3)10/h7-8H,4-5H2,1-3H3. The molecule has 0 spiro atoms. The van der Waals surface area contributed by atoms with Gasteiger partial charge in [0.15, 0.2) is 12.1 Å². The molecule has 0 radical (unpaired) electrons. The normalized spacial score (nSPS) is 13.4. The van der Waals surface area contributed by atoms with Crippen molar-refractivity contribution in [2.24, 2.45) is 0 Å². The van der Waals surface area contributed by atoms with Crippen LogP contribution in [0.4, 0.5) is 0 Å². The first-order valence-electron chi connectivity index (χ1n) is 4.01. The van der Waals surface area contributed by atoms with Gasteiger partial charge in [-0.25, -0.2) is 0 Å². The fourth-order valence-electron chi connectivity index (χ4n) is 0.737. The molecule has 0 aromatic rings. The van der Waals surface area contributed by atoms with E-state index in [1.54, 1.807) is 0 Å². The van der Waals surface area contributed by atoms with E-state index in [0.29, 0.717) is 13.2 Å². The Morgan fingerprint density at radius 2 is 1.75 bits per heavy atom. The van der Waals surface area contributed by atoms with Crippen LogP contribution in [0.5, 0.6) is 0 Å². The number of hydrogen-bond donors (Lipinski definition) is 0. The van der Waals surface area contributed by atoms with Crippen LogP contribution in [0.1, 0.15) is 20.8 Å². The molecular formula is C8H15ClO3. The van der Waals surface area contributed by atoms with Crippen molar-refractivity contribution < 1.29 is 14.3 Å². The molecule has 0 aromatic carbocycles. The van der Waals surface area contributed by atoms with E-state index in [-0.39, 0.29) is 5.78 Å². The van der Waals surface area contributed by atoms with Crippen LogP contribution in [0.25, 0.3) is 0 Å². The molecule has 0 bridgehead atoms. The largest absolute Gasteiger partial charge is 0.351 e. The summed E-state index contributed by atoms with van der Waals surface area (Å²) in [5.74, 6) is -0.136. The van der Waals surface area contributed by atoms with Gasteiger partial charge in [-0.1, -0.05) is 0 Å². The number of hydrogen-bond acceptors (Lipinski definition) is 3. The zero-order valence-corrected chi connectivity index (χ0v) is 8.43. The summed E-state index contributed by atoms with van der Waals surface area (Å²) >= 11 is 5.74. The van der Waals surface area contributed by atoms with E-state index in [0.717, 1.165) is 0 Å². The van der Waals surface area contributed by atoms with Crippen LogP contribution in [-0.4, -0.2) is 30.7 Å². The minimum Gasteiger partial charge on any atom is -0.351 e. The summed E-state index contributed by atoms with van der Waals surface area (Å²) in [6.07, 6.45) is -0.612. The molecule has 1 unspecified atom stereocenters. The minimum atomic E-state index is -0.704. The molecule has 0 rings (SSSR count). The molecule has 0 N–H and O–H groups in total. The first-order valence-corrected chi connectivity index (χ1v) is 4.44. The summed E-state index contributed by atoms with van der Waals surface area (Å²) in [4.78, 5) is 10.8. The number of rotatable bonds is 6. The molecule has 3 nitrogen and oxygen atoms in total. The molecule has 0 amide bonds. The number of halogens is 1. The van der Waals surface area contributed by atoms with Gasteiger partial charge in [0.1, 0.15) is 5.38 Å². The summed E-state index contributed by atoms with van der Waals surface area (Å²) in [7, 11) is 0. The average molecular weight is 195 g/mol. The number of carbonyl (C=O) groups is 1. The lowest BCUT2D eigenvalue weighted by atomic mass is 10.3. The number of Topliss-reactive ketones (excluding diaryl/α,β-unsaturated/α-hetero) is 1. The van der Waals surface area contributed by atoms with Crippen molar-refractivity contribution in [3.8, 4) is 0 Å². The number of ketones is 1. The number of alkyl halides is 1. The molecule has 72 valence electrons. The van der Waals surface area contributed by atoms with Gasteiger partial charge >= 0.3 is 0 Å². The van der Waals surface area contributed by atoms with Crippen molar-refractivity contribution in [1.82, 2.24) is 0 Å². The third kappa shape index (κ3) is 4.04. The molecule has 0 aromatic heterocycles. The van der Waals surface area contributed by atoms with Crippen LogP contribution in [0.3, 0.4) is 0 Å². The number of ether oxygens (including phenoxy) is 2. The molecule has 0 heterocycles. The van der Waals surface area contributed by atoms with E-state index in [1.165, 1.54) is 6.92 Å². The Hall–Kier alpha value is -0.120. The van der Waals surface area contributed by atoms with Crippen LogP contribution in [0.2, 0.25) is 0 Å². The fourth-order valence-corrected chi connectivity index (χ4v) is 0.883. The van der Waals surface area contributed by atoms with E-state index < -0.39 is 11.7 Å². The smallest absolute Gasteiger partial charge is 0.180 e. The lowest BCUT2D eigenvalue weighted by Crippen LogP contribution is -2.32. The molecule has 4 heteroatoms. The Morgan fingerprint density at radius 3 is 2.00 bits per heavy atom. The highest BCUT2D eigenvalue weighted by Crippen LogP contribution is 2.09. The summed E-state index contributed by atoms with van der Waals surface area (Å²) in [5.41, 5.74) is 0. The Labute approximate surface area is 78.0 Å². The maximum Gasteiger partial charge on any atom is 0.180 e. The lowest BCUT2D eigenvalue weighted by Gasteiger charge is -2.19. The molecule has 0 fully saturated rings. The van der Waals surface area contributed by atoms with Crippen LogP contribution in [0.15, 0.2) is 0 Å². The van der Waals surface area contributed by atoms with Gasteiger partial charge in [0.2, 0.25) is 0 Å². The Bertz CT molecular complexity index is 132. The number of carbonyl (C=O) groups excluding carboxylic acids is 1. The second-order valence-corrected chi connectivity index (χ2v) is 2.76. The zero-order valence-electron chi connectivity index (χ0n) is 7.67. The van der Waals surface area contributed by atoms with Gasteiger partial charge in [-0.2, -0.15) is 0 Å². The lowest BCUT2D eigenvalue weighted by molar-refractivity contribution is -0.148. The van der Waals surface area contributed by atoms with Crippen LogP contribution < -0.4 is 0 Å². The summed E-state index contributed by atoms with van der Waals surface area (Å²) in [6.45, 7) is 6.05. The van der Waals surface area contributed by atoms with E-state index in [4.69, 9.17) is 21.1 Å². The maximum atomic E-state index is 10.8. The highest BCUT2D eigenvalue weighted by molar-refractivity contribution is 6.31. The topological polar surface area (TPSA) is 35.5 Å². The second-order valence-electron chi connectivity index (χ2n) is 2.29. The van der Waals surface area contributed by atoms with E-state index in [1.807, 2.05) is 13.8 Å². The highest BCUT2D eigenvalue weighted by Gasteiger charge is 2.23. The molecule has 1 atom stereocenters. The Balaban J connectivity index is 3.98. The molecule has 12 heavy (non-hydrogen) atoms. The third-order valence-electron chi connectivity index (χ3n) is 1.29. The monoisotopic (exact) mass is 194 g/mol. The molecule has 0 saturated heterocycles. The van der Waals surface area contributed by atoms with Crippen molar-refractivity contribution in [1.29, 1.82) is 0 Å². The first-order chi connectivity index (χ1) is 5.63. The van der Waals surface area contributed by atoms with Gasteiger partial charge in [0.25, 0.3) is 0 Å². The van der Waals surface area contributed by atoms with Gasteiger partial charge in [0.05, 0.1) is 0 Å². The van der Waals surface area contributed by atoms with E-state index in [2.05, 4.69) is 0 Å². The van der Waals surface area contributed by atoms with Crippen molar-refractivity contribution in [2.75, 3.05) is 13.2 Å². The van der Waals surface area contributed by atoms with Gasteiger partial charge in [-0.05, 0) is 20.8 Å². The fraction of sp³-hybridized carbons (Fsp3) is 0.875. The molecule has 0 saturated carbocycles. The third-order valence-corrected chi connectivity index (χ3v) is 1.80. The quantitative estimate of drug-likeness (QED) is 0.476. The van der Waals surface area contributed by atoms with E-state index >= 15 is 0 Å². The molecular weight excluding hydrogens is 180 g/mol. The van der Waals surface area contributed by atoms with Crippen molar-refractivity contribution in [2.45, 2.75) is 32.4 Å². The minimum absolute atomic E-state index is 0.136. The van der Waals surface area contributed by atoms with Crippen LogP contribution in [-0.2, 0) is 14.3 Å². The Kier molecular flexibility index (Phi) is 6.34. The van der Waals surface area contributed by atoms with Crippen LogP contribution >= 0.6 is 11.6 Å². The average Bonchev–Trinajstić information content (AvgIpc) is 2.03. The van der Waals surface area contributed by atoms with Crippen LogP contribution in [0, 0.1) is 0 Å². The summed E-state index contributed by atoms with van der Waals surface area (Å²) < 4.78 is 10.3. The van der Waals surface area contributed by atoms with Gasteiger partial charge in [-0.3, -0.25) is 4.79 Å². The summed E-state index contributed by atoms with van der Waals surface area (Å²) in [5, 5.41) is -0.704. The summed E-state index contributed by atoms with van der Waals surface area (Å²) in [6, 6.07) is 0. The van der Waals surface area contributed by atoms with E-state index in [9.17, 15) is 4.79 Å². The molecule has 0 aliphatic carbocycles.